The van der Waals surface area contributed by atoms with Gasteiger partial charge in [0.1, 0.15) is 5.82 Å². The maximum absolute atomic E-state index is 12.6. The lowest BCUT2D eigenvalue weighted by Gasteiger charge is -2.03. The summed E-state index contributed by atoms with van der Waals surface area (Å²) in [4.78, 5) is 11.2. The van der Waals surface area contributed by atoms with Gasteiger partial charge in [0.2, 0.25) is 5.91 Å². The average Bonchev–Trinajstić information content (AvgIpc) is 2.25. The molecule has 86 valence electrons. The van der Waals surface area contributed by atoms with Crippen molar-refractivity contribution in [3.8, 4) is 0 Å². The van der Waals surface area contributed by atoms with Gasteiger partial charge in [-0.3, -0.25) is 4.79 Å². The van der Waals surface area contributed by atoms with Crippen molar-refractivity contribution < 1.29 is 14.3 Å². The number of carbonyl (C=O) groups is 1. The Morgan fingerprint density at radius 1 is 1.50 bits per heavy atom. The zero-order valence-corrected chi connectivity index (χ0v) is 8.98. The Morgan fingerprint density at radius 3 is 2.69 bits per heavy atom. The van der Waals surface area contributed by atoms with Crippen LogP contribution < -0.4 is 5.32 Å². The predicted octanol–water partition coefficient (Wildman–Crippen LogP) is 1.34. The standard InChI is InChI=1S/C12H14FNO2/c1-9(15)8-14-12(16)7-4-10-2-5-11(13)6-3-10/h2-7,9,15H,8H2,1H3,(H,14,16)/b7-4+/t9-/m1/s1. The summed E-state index contributed by atoms with van der Waals surface area (Å²) in [7, 11) is 0. The van der Waals surface area contributed by atoms with Crippen molar-refractivity contribution in [3.63, 3.8) is 0 Å². The van der Waals surface area contributed by atoms with Crippen LogP contribution >= 0.6 is 0 Å². The van der Waals surface area contributed by atoms with Crippen LogP contribution in [0.15, 0.2) is 30.3 Å². The van der Waals surface area contributed by atoms with Gasteiger partial charge in [-0.2, -0.15) is 0 Å². The maximum atomic E-state index is 12.6. The number of amides is 1. The molecule has 0 saturated carbocycles. The fraction of sp³-hybridized carbons (Fsp3) is 0.250. The van der Waals surface area contributed by atoms with Gasteiger partial charge in [-0.25, -0.2) is 4.39 Å². The summed E-state index contributed by atoms with van der Waals surface area (Å²) in [5, 5.41) is 11.5. The van der Waals surface area contributed by atoms with E-state index in [2.05, 4.69) is 5.32 Å². The maximum Gasteiger partial charge on any atom is 0.244 e. The molecule has 1 aromatic rings. The van der Waals surface area contributed by atoms with Gasteiger partial charge in [-0.15, -0.1) is 0 Å². The zero-order valence-electron chi connectivity index (χ0n) is 8.98. The Balaban J connectivity index is 2.47. The summed E-state index contributed by atoms with van der Waals surface area (Å²) in [6.45, 7) is 1.80. The van der Waals surface area contributed by atoms with Crippen LogP contribution in [-0.4, -0.2) is 23.7 Å². The van der Waals surface area contributed by atoms with Crippen LogP contribution in [0.25, 0.3) is 6.08 Å². The number of benzene rings is 1. The molecule has 0 heterocycles. The van der Waals surface area contributed by atoms with E-state index in [1.54, 1.807) is 25.1 Å². The first-order chi connectivity index (χ1) is 7.58. The molecule has 0 fully saturated rings. The molecule has 1 aromatic carbocycles. The first kappa shape index (κ1) is 12.4. The second-order valence-corrected chi connectivity index (χ2v) is 3.48. The molecule has 1 rings (SSSR count). The van der Waals surface area contributed by atoms with Crippen molar-refractivity contribution >= 4 is 12.0 Å². The number of hydrogen-bond acceptors (Lipinski definition) is 2. The Kier molecular flexibility index (Phi) is 4.66. The normalized spacial score (nSPS) is 12.7. The molecular formula is C12H14FNO2. The smallest absolute Gasteiger partial charge is 0.244 e. The number of rotatable bonds is 4. The van der Waals surface area contributed by atoms with Gasteiger partial charge >= 0.3 is 0 Å². The van der Waals surface area contributed by atoms with E-state index in [9.17, 15) is 9.18 Å². The van der Waals surface area contributed by atoms with Crippen LogP contribution in [-0.2, 0) is 4.79 Å². The number of halogens is 1. The summed E-state index contributed by atoms with van der Waals surface area (Å²) in [5.41, 5.74) is 0.744. The van der Waals surface area contributed by atoms with Crippen molar-refractivity contribution in [3.05, 3.63) is 41.7 Å². The first-order valence-corrected chi connectivity index (χ1v) is 4.97. The van der Waals surface area contributed by atoms with E-state index in [1.807, 2.05) is 0 Å². The largest absolute Gasteiger partial charge is 0.392 e. The molecule has 1 amide bonds. The minimum atomic E-state index is -0.567. The van der Waals surface area contributed by atoms with E-state index < -0.39 is 6.10 Å². The van der Waals surface area contributed by atoms with E-state index >= 15 is 0 Å². The van der Waals surface area contributed by atoms with E-state index in [0.717, 1.165) is 5.56 Å². The van der Waals surface area contributed by atoms with Gasteiger partial charge < -0.3 is 10.4 Å². The molecule has 3 nitrogen and oxygen atoms in total. The summed E-state index contributed by atoms with van der Waals surface area (Å²) < 4.78 is 12.6. The van der Waals surface area contributed by atoms with Gasteiger partial charge in [0.15, 0.2) is 0 Å². The van der Waals surface area contributed by atoms with E-state index in [0.29, 0.717) is 0 Å². The third-order valence-electron chi connectivity index (χ3n) is 1.87. The van der Waals surface area contributed by atoms with Crippen molar-refractivity contribution in [2.75, 3.05) is 6.54 Å². The Morgan fingerprint density at radius 2 is 2.12 bits per heavy atom. The van der Waals surface area contributed by atoms with E-state index in [1.165, 1.54) is 18.2 Å². The summed E-state index contributed by atoms with van der Waals surface area (Å²) in [5.74, 6) is -0.596. The van der Waals surface area contributed by atoms with Crippen molar-refractivity contribution in [2.24, 2.45) is 0 Å². The Labute approximate surface area is 93.6 Å². The highest BCUT2D eigenvalue weighted by Crippen LogP contribution is 2.04. The molecule has 0 aliphatic heterocycles. The second kappa shape index (κ2) is 6.02. The number of nitrogens with one attached hydrogen (secondary N) is 1. The van der Waals surface area contributed by atoms with Crippen molar-refractivity contribution in [1.82, 2.24) is 5.32 Å². The molecule has 4 heteroatoms. The van der Waals surface area contributed by atoms with Gasteiger partial charge in [-0.1, -0.05) is 12.1 Å². The molecule has 0 saturated heterocycles. The van der Waals surface area contributed by atoms with Crippen molar-refractivity contribution in [2.45, 2.75) is 13.0 Å². The molecular weight excluding hydrogens is 209 g/mol. The number of hydrogen-bond donors (Lipinski definition) is 2. The monoisotopic (exact) mass is 223 g/mol. The number of aliphatic hydroxyl groups is 1. The van der Waals surface area contributed by atoms with Gasteiger partial charge in [0.25, 0.3) is 0 Å². The molecule has 2 N–H and O–H groups in total. The molecule has 0 aliphatic rings. The lowest BCUT2D eigenvalue weighted by molar-refractivity contribution is -0.116. The molecule has 0 aliphatic carbocycles. The van der Waals surface area contributed by atoms with Crippen LogP contribution in [0.4, 0.5) is 4.39 Å². The molecule has 0 bridgehead atoms. The Bertz CT molecular complexity index is 371. The zero-order chi connectivity index (χ0) is 12.0. The topological polar surface area (TPSA) is 49.3 Å². The fourth-order valence-electron chi connectivity index (χ4n) is 1.05. The van der Waals surface area contributed by atoms with Gasteiger partial charge in [0, 0.05) is 12.6 Å². The first-order valence-electron chi connectivity index (χ1n) is 4.97. The third-order valence-corrected chi connectivity index (χ3v) is 1.87. The molecule has 0 unspecified atom stereocenters. The van der Waals surface area contributed by atoms with E-state index in [4.69, 9.17) is 5.11 Å². The summed E-state index contributed by atoms with van der Waals surface area (Å²) in [6.07, 6.45) is 2.36. The summed E-state index contributed by atoms with van der Waals surface area (Å²) >= 11 is 0. The van der Waals surface area contributed by atoms with Crippen LogP contribution in [0, 0.1) is 5.82 Å². The number of carbonyl (C=O) groups excluding carboxylic acids is 1. The lowest BCUT2D eigenvalue weighted by atomic mass is 10.2. The molecule has 0 spiro atoms. The number of aliphatic hydroxyl groups excluding tert-OH is 1. The summed E-state index contributed by atoms with van der Waals surface area (Å²) in [6, 6.07) is 5.81. The van der Waals surface area contributed by atoms with Gasteiger partial charge in [0.05, 0.1) is 6.10 Å². The van der Waals surface area contributed by atoms with Gasteiger partial charge in [-0.05, 0) is 30.7 Å². The van der Waals surface area contributed by atoms with E-state index in [-0.39, 0.29) is 18.3 Å². The van der Waals surface area contributed by atoms with Crippen LogP contribution in [0.3, 0.4) is 0 Å². The Hall–Kier alpha value is -1.68. The highest BCUT2D eigenvalue weighted by atomic mass is 19.1. The molecule has 0 aromatic heterocycles. The highest BCUT2D eigenvalue weighted by Gasteiger charge is 1.98. The SMILES string of the molecule is C[C@@H](O)CNC(=O)/C=C/c1ccc(F)cc1. The predicted molar refractivity (Wildman–Crippen MR) is 60.1 cm³/mol. The molecule has 1 atom stereocenters. The third kappa shape index (κ3) is 4.70. The quantitative estimate of drug-likeness (QED) is 0.757. The van der Waals surface area contributed by atoms with Crippen LogP contribution in [0.1, 0.15) is 12.5 Å². The lowest BCUT2D eigenvalue weighted by Crippen LogP contribution is -2.28. The van der Waals surface area contributed by atoms with Crippen molar-refractivity contribution in [1.29, 1.82) is 0 Å². The van der Waals surface area contributed by atoms with Crippen LogP contribution in [0.5, 0.6) is 0 Å². The van der Waals surface area contributed by atoms with Crippen LogP contribution in [0.2, 0.25) is 0 Å². The fourth-order valence-corrected chi connectivity index (χ4v) is 1.05. The average molecular weight is 223 g/mol. The molecule has 16 heavy (non-hydrogen) atoms. The highest BCUT2D eigenvalue weighted by molar-refractivity contribution is 5.91. The second-order valence-electron chi connectivity index (χ2n) is 3.48. The molecule has 0 radical (unpaired) electrons. The minimum Gasteiger partial charge on any atom is -0.392 e. The minimum absolute atomic E-state index is 0.215.